The number of para-hydroxylation sites is 1. The molecule has 5 fully saturated rings. The van der Waals surface area contributed by atoms with E-state index in [2.05, 4.69) is 12.2 Å². The summed E-state index contributed by atoms with van der Waals surface area (Å²) in [4.78, 5) is 26.9. The number of nitrogens with two attached hydrogens (primary N) is 1. The molecule has 0 aromatic heterocycles. The molecule has 4 aliphatic carbocycles. The number of hydrogen-bond acceptors (Lipinski definition) is 2. The van der Waals surface area contributed by atoms with Gasteiger partial charge in [-0.3, -0.25) is 9.59 Å². The van der Waals surface area contributed by atoms with Gasteiger partial charge in [-0.2, -0.15) is 0 Å². The Labute approximate surface area is 155 Å². The van der Waals surface area contributed by atoms with E-state index in [4.69, 9.17) is 0 Å². The van der Waals surface area contributed by atoms with Gasteiger partial charge in [-0.05, 0) is 75.3 Å². The van der Waals surface area contributed by atoms with Crippen molar-refractivity contribution in [2.75, 3.05) is 4.90 Å². The first-order valence-electron chi connectivity index (χ1n) is 10.3. The van der Waals surface area contributed by atoms with E-state index in [1.807, 2.05) is 30.3 Å². The van der Waals surface area contributed by atoms with Crippen LogP contribution in [0.2, 0.25) is 0 Å². The Morgan fingerprint density at radius 2 is 1.58 bits per heavy atom. The standard InChI is InChI=1S/C22H28N2O2/c1-14(22-11-15-7-16(12-22)9-17(8-15)13-22)23-19-10-20(25)24(21(19)26)18-5-3-2-4-6-18/h2-6,14-17,19,23H,7-13H2,1H3/p+1/t14-,15?,16?,17?,19+,22?/m1/s1. The lowest BCUT2D eigenvalue weighted by Gasteiger charge is -2.58. The van der Waals surface area contributed by atoms with Gasteiger partial charge in [0.1, 0.15) is 0 Å². The molecular formula is C22H29N2O2+. The van der Waals surface area contributed by atoms with Gasteiger partial charge >= 0.3 is 0 Å². The molecule has 4 nitrogen and oxygen atoms in total. The Hall–Kier alpha value is -1.68. The summed E-state index contributed by atoms with van der Waals surface area (Å²) in [5.41, 5.74) is 1.11. The van der Waals surface area contributed by atoms with Crippen LogP contribution in [0.5, 0.6) is 0 Å². The maximum Gasteiger partial charge on any atom is 0.292 e. The molecule has 2 N–H and O–H groups in total. The molecule has 2 amide bonds. The molecule has 2 atom stereocenters. The summed E-state index contributed by atoms with van der Waals surface area (Å²) in [6.45, 7) is 2.32. The van der Waals surface area contributed by atoms with Crippen LogP contribution in [0.15, 0.2) is 30.3 Å². The minimum absolute atomic E-state index is 0.0298. The molecule has 4 heteroatoms. The van der Waals surface area contributed by atoms with Crippen LogP contribution in [0.25, 0.3) is 0 Å². The minimum atomic E-state index is -0.245. The molecule has 1 aromatic carbocycles. The zero-order valence-electron chi connectivity index (χ0n) is 15.6. The number of quaternary nitrogens is 1. The summed E-state index contributed by atoms with van der Waals surface area (Å²) in [7, 11) is 0. The van der Waals surface area contributed by atoms with Gasteiger partial charge in [0.15, 0.2) is 6.04 Å². The van der Waals surface area contributed by atoms with Crippen molar-refractivity contribution < 1.29 is 14.9 Å². The molecule has 1 saturated heterocycles. The first-order chi connectivity index (χ1) is 12.5. The number of carbonyl (C=O) groups excluding carboxylic acids is 2. The van der Waals surface area contributed by atoms with Gasteiger partial charge in [0.05, 0.1) is 18.2 Å². The van der Waals surface area contributed by atoms with Crippen LogP contribution in [0.3, 0.4) is 0 Å². The number of amides is 2. The van der Waals surface area contributed by atoms with Crippen LogP contribution in [0.1, 0.15) is 51.9 Å². The second-order valence-corrected chi connectivity index (χ2v) is 9.47. The van der Waals surface area contributed by atoms with Crippen molar-refractivity contribution in [3.63, 3.8) is 0 Å². The van der Waals surface area contributed by atoms with Crippen LogP contribution in [-0.2, 0) is 9.59 Å². The summed E-state index contributed by atoms with van der Waals surface area (Å²) < 4.78 is 0. The fraction of sp³-hybridized carbons (Fsp3) is 0.636. The number of rotatable bonds is 4. The Balaban J connectivity index is 1.32. The molecular weight excluding hydrogens is 324 g/mol. The highest BCUT2D eigenvalue weighted by Crippen LogP contribution is 2.60. The summed E-state index contributed by atoms with van der Waals surface area (Å²) >= 11 is 0. The van der Waals surface area contributed by atoms with E-state index in [0.717, 1.165) is 17.8 Å². The highest BCUT2D eigenvalue weighted by molar-refractivity contribution is 6.21. The fourth-order valence-corrected chi connectivity index (χ4v) is 6.94. The smallest absolute Gasteiger partial charge is 0.292 e. The van der Waals surface area contributed by atoms with Gasteiger partial charge in [0.25, 0.3) is 5.91 Å². The lowest BCUT2D eigenvalue weighted by atomic mass is 9.48. The van der Waals surface area contributed by atoms with Crippen molar-refractivity contribution in [3.05, 3.63) is 30.3 Å². The highest BCUT2D eigenvalue weighted by Gasteiger charge is 2.56. The van der Waals surface area contributed by atoms with E-state index < -0.39 is 0 Å². The van der Waals surface area contributed by atoms with Gasteiger partial charge in [-0.15, -0.1) is 0 Å². The van der Waals surface area contributed by atoms with Crippen LogP contribution in [-0.4, -0.2) is 23.9 Å². The molecule has 6 rings (SSSR count). The lowest BCUT2D eigenvalue weighted by Crippen LogP contribution is -2.98. The number of carbonyl (C=O) groups is 2. The van der Waals surface area contributed by atoms with Crippen LogP contribution >= 0.6 is 0 Å². The summed E-state index contributed by atoms with van der Waals surface area (Å²) in [6.07, 6.45) is 8.68. The second-order valence-electron chi connectivity index (χ2n) is 9.47. The average Bonchev–Trinajstić information content (AvgIpc) is 2.88. The topological polar surface area (TPSA) is 54.0 Å². The molecule has 5 aliphatic rings. The van der Waals surface area contributed by atoms with E-state index in [1.54, 1.807) is 0 Å². The maximum absolute atomic E-state index is 13.0. The zero-order valence-corrected chi connectivity index (χ0v) is 15.6. The zero-order chi connectivity index (χ0) is 17.9. The fourth-order valence-electron chi connectivity index (χ4n) is 6.94. The molecule has 0 spiro atoms. The van der Waals surface area contributed by atoms with Gasteiger partial charge in [0.2, 0.25) is 5.91 Å². The normalized spacial score (nSPS) is 39.7. The molecule has 4 saturated carbocycles. The highest BCUT2D eigenvalue weighted by atomic mass is 16.2. The summed E-state index contributed by atoms with van der Waals surface area (Å²) in [5.74, 6) is 2.66. The maximum atomic E-state index is 13.0. The Morgan fingerprint density at radius 1 is 1.00 bits per heavy atom. The largest absolute Gasteiger partial charge is 0.333 e. The number of anilines is 1. The Bertz CT molecular complexity index is 694. The third-order valence-electron chi connectivity index (χ3n) is 7.77. The molecule has 1 aromatic rings. The number of imide groups is 1. The van der Waals surface area contributed by atoms with Crippen molar-refractivity contribution in [3.8, 4) is 0 Å². The van der Waals surface area contributed by atoms with E-state index in [-0.39, 0.29) is 17.9 Å². The monoisotopic (exact) mass is 353 g/mol. The predicted molar refractivity (Wildman–Crippen MR) is 99.3 cm³/mol. The van der Waals surface area contributed by atoms with E-state index in [9.17, 15) is 9.59 Å². The van der Waals surface area contributed by atoms with Gasteiger partial charge in [-0.1, -0.05) is 18.2 Å². The van der Waals surface area contributed by atoms with Gasteiger partial charge < -0.3 is 5.32 Å². The van der Waals surface area contributed by atoms with Gasteiger partial charge in [-0.25, -0.2) is 4.90 Å². The predicted octanol–water partition coefficient (Wildman–Crippen LogP) is 2.49. The molecule has 4 bridgehead atoms. The molecule has 1 heterocycles. The van der Waals surface area contributed by atoms with E-state index in [0.29, 0.717) is 23.6 Å². The average molecular weight is 353 g/mol. The van der Waals surface area contributed by atoms with E-state index in [1.165, 1.54) is 43.4 Å². The quantitative estimate of drug-likeness (QED) is 0.846. The SMILES string of the molecule is C[C@@H]([NH2+][C@H]1CC(=O)N(c2ccccc2)C1=O)C12CC3CC(CC(C3)C1)C2. The van der Waals surface area contributed by atoms with Crippen LogP contribution in [0.4, 0.5) is 5.69 Å². The number of hydrogen-bond donors (Lipinski definition) is 1. The van der Waals surface area contributed by atoms with E-state index >= 15 is 0 Å². The Kier molecular flexibility index (Phi) is 3.75. The number of nitrogens with zero attached hydrogens (tertiary/aromatic N) is 1. The Morgan fingerprint density at radius 3 is 2.15 bits per heavy atom. The first kappa shape index (κ1) is 16.5. The van der Waals surface area contributed by atoms with Crippen molar-refractivity contribution in [1.29, 1.82) is 0 Å². The molecule has 0 unspecified atom stereocenters. The third kappa shape index (κ3) is 2.53. The van der Waals surface area contributed by atoms with Crippen molar-refractivity contribution >= 4 is 17.5 Å². The summed E-state index contributed by atoms with van der Waals surface area (Å²) in [6, 6.07) is 9.55. The summed E-state index contributed by atoms with van der Waals surface area (Å²) in [5, 5.41) is 2.25. The minimum Gasteiger partial charge on any atom is -0.333 e. The van der Waals surface area contributed by atoms with Gasteiger partial charge in [0, 0.05) is 5.41 Å². The van der Waals surface area contributed by atoms with Crippen molar-refractivity contribution in [1.82, 2.24) is 0 Å². The van der Waals surface area contributed by atoms with Crippen molar-refractivity contribution in [2.24, 2.45) is 23.2 Å². The molecule has 1 aliphatic heterocycles. The van der Waals surface area contributed by atoms with Crippen LogP contribution in [0, 0.1) is 23.2 Å². The molecule has 138 valence electrons. The lowest BCUT2D eigenvalue weighted by molar-refractivity contribution is -0.720. The molecule has 26 heavy (non-hydrogen) atoms. The number of benzene rings is 1. The van der Waals surface area contributed by atoms with Crippen molar-refractivity contribution in [2.45, 2.75) is 64.0 Å². The molecule has 0 radical (unpaired) electrons. The third-order valence-corrected chi connectivity index (χ3v) is 7.77. The van der Waals surface area contributed by atoms with Crippen LogP contribution < -0.4 is 10.2 Å². The first-order valence-corrected chi connectivity index (χ1v) is 10.3. The second kappa shape index (κ2) is 5.91.